The smallest absolute Gasteiger partial charge is 0.256 e. The van der Waals surface area contributed by atoms with Crippen molar-refractivity contribution in [1.82, 2.24) is 5.32 Å². The molecule has 1 saturated heterocycles. The molecule has 2 fully saturated rings. The third kappa shape index (κ3) is 2.26. The van der Waals surface area contributed by atoms with Crippen LogP contribution in [-0.2, 0) is 14.3 Å². The van der Waals surface area contributed by atoms with Crippen LogP contribution in [0.5, 0.6) is 0 Å². The van der Waals surface area contributed by atoms with E-state index in [9.17, 15) is 9.90 Å². The summed E-state index contributed by atoms with van der Waals surface area (Å²) in [5, 5.41) is 14.0. The van der Waals surface area contributed by atoms with E-state index in [1.165, 1.54) is 0 Å². The lowest BCUT2D eigenvalue weighted by molar-refractivity contribution is -0.185. The molecule has 0 aromatic heterocycles. The van der Waals surface area contributed by atoms with Crippen LogP contribution >= 0.6 is 0 Å². The second-order valence-corrected chi connectivity index (χ2v) is 7.19. The van der Waals surface area contributed by atoms with Gasteiger partial charge in [0.1, 0.15) is 5.76 Å². The van der Waals surface area contributed by atoms with Crippen molar-refractivity contribution in [3.63, 3.8) is 0 Å². The number of aliphatic hydroxyl groups is 1. The molecule has 0 bridgehead atoms. The molecule has 1 aliphatic carbocycles. The normalized spacial score (nSPS) is 24.8. The van der Waals surface area contributed by atoms with Gasteiger partial charge in [-0.1, -0.05) is 23.8 Å². The maximum absolute atomic E-state index is 12.6. The number of hydrogen-bond acceptors (Lipinski definition) is 4. The minimum Gasteiger partial charge on any atom is -0.509 e. The first-order valence-electron chi connectivity index (χ1n) is 8.57. The number of aliphatic hydroxyl groups excluding tert-OH is 1. The lowest BCUT2D eigenvalue weighted by Gasteiger charge is -2.41. The van der Waals surface area contributed by atoms with Crippen molar-refractivity contribution in [3.8, 4) is 0 Å². The molecule has 5 heteroatoms. The topological polar surface area (TPSA) is 67.8 Å². The Morgan fingerprint density at radius 1 is 1.08 bits per heavy atom. The van der Waals surface area contributed by atoms with Crippen LogP contribution in [0.25, 0.3) is 5.57 Å². The molecular formula is C19H23NO4. The highest BCUT2D eigenvalue weighted by atomic mass is 16.7. The average Bonchev–Trinajstić information content (AvgIpc) is 3.10. The van der Waals surface area contributed by atoms with E-state index < -0.39 is 11.3 Å². The van der Waals surface area contributed by atoms with Crippen molar-refractivity contribution < 1.29 is 19.4 Å². The predicted molar refractivity (Wildman–Crippen MR) is 89.4 cm³/mol. The van der Waals surface area contributed by atoms with Crippen molar-refractivity contribution in [2.45, 2.75) is 50.9 Å². The summed E-state index contributed by atoms with van der Waals surface area (Å²) in [6, 6.07) is 5.96. The van der Waals surface area contributed by atoms with Gasteiger partial charge in [-0.05, 0) is 37.8 Å². The van der Waals surface area contributed by atoms with Gasteiger partial charge in [-0.25, -0.2) is 0 Å². The van der Waals surface area contributed by atoms with Gasteiger partial charge in [0.15, 0.2) is 5.79 Å². The SMILES string of the molecule is Cc1ccc(C)c(C2=C(O)C3(CCC4(CC3)OCCO4)NC2=O)c1. The Morgan fingerprint density at radius 2 is 1.75 bits per heavy atom. The van der Waals surface area contributed by atoms with E-state index in [4.69, 9.17) is 9.47 Å². The standard InChI is InChI=1S/C19H23NO4/c1-12-3-4-13(2)14(11-12)15-16(21)18(20-17(15)22)5-7-19(8-6-18)23-9-10-24-19/h3-4,11,21H,5-10H2,1-2H3,(H,20,22). The summed E-state index contributed by atoms with van der Waals surface area (Å²) in [6.45, 7) is 5.19. The van der Waals surface area contributed by atoms with Crippen molar-refractivity contribution in [3.05, 3.63) is 40.6 Å². The van der Waals surface area contributed by atoms with Gasteiger partial charge >= 0.3 is 0 Å². The summed E-state index contributed by atoms with van der Waals surface area (Å²) in [5.74, 6) is -0.530. The third-order valence-electron chi connectivity index (χ3n) is 5.61. The molecule has 4 rings (SSSR count). The lowest BCUT2D eigenvalue weighted by atomic mass is 9.77. The zero-order valence-corrected chi connectivity index (χ0v) is 14.1. The molecule has 2 aliphatic heterocycles. The Kier molecular flexibility index (Phi) is 3.48. The summed E-state index contributed by atoms with van der Waals surface area (Å²) >= 11 is 0. The Bertz CT molecular complexity index is 721. The molecule has 128 valence electrons. The molecule has 1 aromatic rings. The van der Waals surface area contributed by atoms with Gasteiger partial charge in [0.25, 0.3) is 5.91 Å². The van der Waals surface area contributed by atoms with E-state index in [1.54, 1.807) is 0 Å². The van der Waals surface area contributed by atoms with Crippen LogP contribution in [-0.4, -0.2) is 35.6 Å². The van der Waals surface area contributed by atoms with Crippen LogP contribution in [0.1, 0.15) is 42.4 Å². The maximum Gasteiger partial charge on any atom is 0.256 e. The minimum atomic E-state index is -0.677. The second-order valence-electron chi connectivity index (χ2n) is 7.19. The van der Waals surface area contributed by atoms with Crippen molar-refractivity contribution in [2.24, 2.45) is 0 Å². The number of aryl methyl sites for hydroxylation is 2. The summed E-state index contributed by atoms with van der Waals surface area (Å²) < 4.78 is 11.5. The van der Waals surface area contributed by atoms with Crippen LogP contribution in [0, 0.1) is 13.8 Å². The quantitative estimate of drug-likeness (QED) is 0.831. The molecule has 5 nitrogen and oxygen atoms in total. The summed E-state index contributed by atoms with van der Waals surface area (Å²) in [4.78, 5) is 12.6. The summed E-state index contributed by atoms with van der Waals surface area (Å²) in [5.41, 5.74) is 2.61. The van der Waals surface area contributed by atoms with E-state index in [2.05, 4.69) is 5.32 Å². The molecule has 0 atom stereocenters. The Hall–Kier alpha value is -1.85. The average molecular weight is 329 g/mol. The first-order valence-corrected chi connectivity index (χ1v) is 8.57. The van der Waals surface area contributed by atoms with Crippen molar-refractivity contribution in [2.75, 3.05) is 13.2 Å². The largest absolute Gasteiger partial charge is 0.509 e. The Balaban J connectivity index is 1.69. The van der Waals surface area contributed by atoms with Gasteiger partial charge in [0, 0.05) is 12.8 Å². The number of rotatable bonds is 1. The van der Waals surface area contributed by atoms with Crippen molar-refractivity contribution >= 4 is 11.5 Å². The molecule has 0 unspecified atom stereocenters. The molecule has 2 heterocycles. The number of nitrogens with one attached hydrogen (secondary N) is 1. The van der Waals surface area contributed by atoms with E-state index in [1.807, 2.05) is 32.0 Å². The first-order chi connectivity index (χ1) is 11.4. The van der Waals surface area contributed by atoms with Crippen LogP contribution in [0.3, 0.4) is 0 Å². The van der Waals surface area contributed by atoms with Gasteiger partial charge in [0.05, 0.1) is 24.3 Å². The van der Waals surface area contributed by atoms with Crippen LogP contribution < -0.4 is 5.32 Å². The monoisotopic (exact) mass is 329 g/mol. The fraction of sp³-hybridized carbons (Fsp3) is 0.526. The lowest BCUT2D eigenvalue weighted by Crippen LogP contribution is -2.51. The fourth-order valence-electron chi connectivity index (χ4n) is 4.15. The van der Waals surface area contributed by atoms with E-state index in [0.717, 1.165) is 16.7 Å². The zero-order valence-electron chi connectivity index (χ0n) is 14.1. The minimum absolute atomic E-state index is 0.175. The van der Waals surface area contributed by atoms with Gasteiger partial charge in [-0.2, -0.15) is 0 Å². The van der Waals surface area contributed by atoms with Gasteiger partial charge in [-0.15, -0.1) is 0 Å². The van der Waals surface area contributed by atoms with Gasteiger partial charge in [-0.3, -0.25) is 4.79 Å². The molecule has 2 N–H and O–H groups in total. The van der Waals surface area contributed by atoms with Crippen LogP contribution in [0.15, 0.2) is 24.0 Å². The molecule has 1 saturated carbocycles. The highest BCUT2D eigenvalue weighted by Crippen LogP contribution is 2.47. The maximum atomic E-state index is 12.6. The summed E-state index contributed by atoms with van der Waals surface area (Å²) in [7, 11) is 0. The van der Waals surface area contributed by atoms with Crippen molar-refractivity contribution in [1.29, 1.82) is 0 Å². The van der Waals surface area contributed by atoms with E-state index in [0.29, 0.717) is 44.5 Å². The number of carbonyl (C=O) groups is 1. The number of benzene rings is 1. The number of carbonyl (C=O) groups excluding carboxylic acids is 1. The van der Waals surface area contributed by atoms with Gasteiger partial charge < -0.3 is 19.9 Å². The van der Waals surface area contributed by atoms with Gasteiger partial charge in [0.2, 0.25) is 0 Å². The van der Waals surface area contributed by atoms with E-state index >= 15 is 0 Å². The number of amides is 1. The van der Waals surface area contributed by atoms with E-state index in [-0.39, 0.29) is 11.7 Å². The van der Waals surface area contributed by atoms with Crippen LogP contribution in [0.4, 0.5) is 0 Å². The first kappa shape index (κ1) is 15.7. The number of ether oxygens (including phenoxy) is 2. The third-order valence-corrected chi connectivity index (χ3v) is 5.61. The highest BCUT2D eigenvalue weighted by Gasteiger charge is 2.53. The Morgan fingerprint density at radius 3 is 2.42 bits per heavy atom. The fourth-order valence-corrected chi connectivity index (χ4v) is 4.15. The molecule has 1 aromatic carbocycles. The number of hydrogen-bond donors (Lipinski definition) is 2. The molecule has 2 spiro atoms. The summed E-state index contributed by atoms with van der Waals surface area (Å²) in [6.07, 6.45) is 2.60. The molecule has 0 radical (unpaired) electrons. The zero-order chi connectivity index (χ0) is 16.9. The second kappa shape index (κ2) is 5.33. The Labute approximate surface area is 141 Å². The molecular weight excluding hydrogens is 306 g/mol. The molecule has 1 amide bonds. The predicted octanol–water partition coefficient (Wildman–Crippen LogP) is 2.76. The molecule has 3 aliphatic rings. The highest BCUT2D eigenvalue weighted by molar-refractivity contribution is 6.23. The molecule has 24 heavy (non-hydrogen) atoms. The van der Waals surface area contributed by atoms with Crippen LogP contribution in [0.2, 0.25) is 0 Å².